The summed E-state index contributed by atoms with van der Waals surface area (Å²) in [5.41, 5.74) is 1.37. The Hall–Kier alpha value is -4.18. The normalized spacial score (nSPS) is 15.9. The summed E-state index contributed by atoms with van der Waals surface area (Å²) in [6.45, 7) is 4.67. The summed E-state index contributed by atoms with van der Waals surface area (Å²) in [6.07, 6.45) is 4.77. The molecule has 1 aromatic heterocycles. The maximum absolute atomic E-state index is 13.2. The van der Waals surface area contributed by atoms with E-state index in [1.807, 2.05) is 13.8 Å². The first-order chi connectivity index (χ1) is 17.5. The van der Waals surface area contributed by atoms with E-state index >= 15 is 0 Å². The summed E-state index contributed by atoms with van der Waals surface area (Å²) in [5.74, 6) is 1.11. The summed E-state index contributed by atoms with van der Waals surface area (Å²) >= 11 is 1.18. The zero-order valence-corrected chi connectivity index (χ0v) is 20.6. The lowest BCUT2D eigenvalue weighted by atomic mass is 10.2. The van der Waals surface area contributed by atoms with Crippen molar-refractivity contribution in [2.75, 3.05) is 13.2 Å². The van der Waals surface area contributed by atoms with Gasteiger partial charge in [-0.25, -0.2) is 0 Å². The highest BCUT2D eigenvalue weighted by Crippen LogP contribution is 2.35. The average Bonchev–Trinajstić information content (AvgIpc) is 3.48. The fourth-order valence-electron chi connectivity index (χ4n) is 3.35. The van der Waals surface area contributed by atoms with E-state index in [2.05, 4.69) is 10.2 Å². The number of phenols is 2. The minimum Gasteiger partial charge on any atom is -0.504 e. The zero-order chi connectivity index (χ0) is 25.5. The molecule has 1 aliphatic heterocycles. The Balaban J connectivity index is 1.61. The van der Waals surface area contributed by atoms with Crippen LogP contribution in [0.1, 0.15) is 30.7 Å². The van der Waals surface area contributed by atoms with Crippen LogP contribution in [-0.4, -0.2) is 45.6 Å². The van der Waals surface area contributed by atoms with E-state index in [0.717, 1.165) is 0 Å². The molecule has 186 valence electrons. The summed E-state index contributed by atoms with van der Waals surface area (Å²) in [7, 11) is 0. The molecule has 2 heterocycles. The molecule has 3 aromatic rings. The van der Waals surface area contributed by atoms with Gasteiger partial charge in [-0.3, -0.25) is 9.69 Å². The first-order valence-corrected chi connectivity index (χ1v) is 12.1. The molecule has 0 aliphatic carbocycles. The fourth-order valence-corrected chi connectivity index (χ4v) is 4.29. The quantitative estimate of drug-likeness (QED) is 0.238. The van der Waals surface area contributed by atoms with Crippen LogP contribution in [-0.2, 0) is 11.3 Å². The van der Waals surface area contributed by atoms with Gasteiger partial charge in [0.05, 0.1) is 37.1 Å². The summed E-state index contributed by atoms with van der Waals surface area (Å²) in [5, 5.41) is 28.7. The number of nitrogens with zero attached hydrogens (tertiary/aromatic N) is 3. The third kappa shape index (κ3) is 5.89. The average molecular weight is 508 g/mol. The lowest BCUT2D eigenvalue weighted by Crippen LogP contribution is -2.28. The second-order valence-electron chi connectivity index (χ2n) is 7.53. The number of amides is 1. The predicted octanol–water partition coefficient (Wildman–Crippen LogP) is 4.99. The number of carbonyl (C=O) groups is 1. The fraction of sp³-hybridized carbons (Fsp3) is 0.192. The van der Waals surface area contributed by atoms with E-state index in [4.69, 9.17) is 13.9 Å². The molecule has 1 amide bonds. The Morgan fingerprint density at radius 3 is 2.31 bits per heavy atom. The molecule has 9 nitrogen and oxygen atoms in total. The summed E-state index contributed by atoms with van der Waals surface area (Å²) in [4.78, 5) is 15.2. The molecule has 1 saturated heterocycles. The summed E-state index contributed by atoms with van der Waals surface area (Å²) in [6, 6.07) is 13.3. The van der Waals surface area contributed by atoms with Crippen molar-refractivity contribution in [3.8, 4) is 23.0 Å². The number of phenolic OH excluding ortho intramolecular Hbond substituents is 2. The topological polar surface area (TPSA) is 117 Å². The molecule has 0 unspecified atom stereocenters. The van der Waals surface area contributed by atoms with Crippen LogP contribution in [0.2, 0.25) is 0 Å². The van der Waals surface area contributed by atoms with Gasteiger partial charge in [-0.2, -0.15) is 5.10 Å². The molecule has 0 radical (unpaired) electrons. The largest absolute Gasteiger partial charge is 0.504 e. The van der Waals surface area contributed by atoms with Gasteiger partial charge in [0.25, 0.3) is 5.91 Å². The first kappa shape index (κ1) is 24.9. The van der Waals surface area contributed by atoms with Crippen LogP contribution >= 0.6 is 11.8 Å². The van der Waals surface area contributed by atoms with Gasteiger partial charge < -0.3 is 24.1 Å². The lowest BCUT2D eigenvalue weighted by Gasteiger charge is -2.12. The van der Waals surface area contributed by atoms with Gasteiger partial charge in [0.15, 0.2) is 28.2 Å². The van der Waals surface area contributed by atoms with Crippen molar-refractivity contribution >= 4 is 35.1 Å². The van der Waals surface area contributed by atoms with E-state index in [1.54, 1.807) is 48.7 Å². The highest BCUT2D eigenvalue weighted by atomic mass is 32.2. The van der Waals surface area contributed by atoms with E-state index in [1.165, 1.54) is 35.0 Å². The lowest BCUT2D eigenvalue weighted by molar-refractivity contribution is -0.122. The number of aromatic hydroxyl groups is 2. The molecule has 2 aromatic carbocycles. The number of furan rings is 1. The molecule has 0 atom stereocenters. The second kappa shape index (κ2) is 11.5. The van der Waals surface area contributed by atoms with Gasteiger partial charge >= 0.3 is 0 Å². The van der Waals surface area contributed by atoms with E-state index in [9.17, 15) is 15.0 Å². The van der Waals surface area contributed by atoms with E-state index < -0.39 is 0 Å². The van der Waals surface area contributed by atoms with Crippen LogP contribution in [0.4, 0.5) is 0 Å². The molecular weight excluding hydrogens is 482 g/mol. The van der Waals surface area contributed by atoms with E-state index in [0.29, 0.717) is 51.7 Å². The molecular formula is C26H25N3O6S. The number of rotatable bonds is 9. The molecule has 1 aliphatic rings. The number of hydrogen-bond donors (Lipinski definition) is 2. The monoisotopic (exact) mass is 507 g/mol. The maximum Gasteiger partial charge on any atom is 0.267 e. The standard InChI is InChI=1S/C26H25N3O6S/c1-3-33-22-12-17(7-9-20(22)30)14-24-25(32)29(16-19-6-5-11-35-19)26(36-24)28-27-15-18-8-10-21(31)23(13-18)34-4-2/h5-15,30-31H,3-4,16H2,1-2H3/b24-14-,27-15-,28-26+. The Morgan fingerprint density at radius 2 is 1.67 bits per heavy atom. The summed E-state index contributed by atoms with van der Waals surface area (Å²) < 4.78 is 16.3. The van der Waals surface area contributed by atoms with Crippen molar-refractivity contribution in [2.24, 2.45) is 10.2 Å². The van der Waals surface area contributed by atoms with Crippen LogP contribution in [0.25, 0.3) is 6.08 Å². The van der Waals surface area contributed by atoms with Crippen molar-refractivity contribution in [2.45, 2.75) is 20.4 Å². The predicted molar refractivity (Wildman–Crippen MR) is 138 cm³/mol. The number of benzene rings is 2. The number of hydrogen-bond acceptors (Lipinski definition) is 9. The van der Waals surface area contributed by atoms with Crippen LogP contribution in [0.3, 0.4) is 0 Å². The zero-order valence-electron chi connectivity index (χ0n) is 19.7. The first-order valence-electron chi connectivity index (χ1n) is 11.2. The molecule has 36 heavy (non-hydrogen) atoms. The molecule has 4 rings (SSSR count). The van der Waals surface area contributed by atoms with Crippen LogP contribution in [0, 0.1) is 0 Å². The Morgan fingerprint density at radius 1 is 1.00 bits per heavy atom. The van der Waals surface area contributed by atoms with Crippen molar-refractivity contribution in [1.29, 1.82) is 0 Å². The molecule has 0 bridgehead atoms. The third-order valence-corrected chi connectivity index (χ3v) is 5.99. The smallest absolute Gasteiger partial charge is 0.267 e. The third-order valence-electron chi connectivity index (χ3n) is 5.00. The van der Waals surface area contributed by atoms with Gasteiger partial charge in [-0.15, -0.1) is 5.10 Å². The molecule has 10 heteroatoms. The van der Waals surface area contributed by atoms with Crippen LogP contribution < -0.4 is 9.47 Å². The molecule has 1 fully saturated rings. The van der Waals surface area contributed by atoms with Gasteiger partial charge in [0, 0.05) is 0 Å². The van der Waals surface area contributed by atoms with Gasteiger partial charge in [-0.1, -0.05) is 6.07 Å². The van der Waals surface area contributed by atoms with Crippen molar-refractivity contribution in [3.05, 3.63) is 76.6 Å². The van der Waals surface area contributed by atoms with Crippen LogP contribution in [0.5, 0.6) is 23.0 Å². The Bertz CT molecular complexity index is 1320. The second-order valence-corrected chi connectivity index (χ2v) is 8.54. The van der Waals surface area contributed by atoms with Crippen molar-refractivity contribution in [3.63, 3.8) is 0 Å². The minimum atomic E-state index is -0.250. The molecule has 2 N–H and O–H groups in total. The highest BCUT2D eigenvalue weighted by Gasteiger charge is 2.34. The van der Waals surface area contributed by atoms with Crippen LogP contribution in [0.15, 0.2) is 74.3 Å². The number of thioether (sulfide) groups is 1. The number of amidine groups is 1. The Labute approximate surface area is 212 Å². The van der Waals surface area contributed by atoms with Crippen molar-refractivity contribution < 1.29 is 28.9 Å². The molecule has 0 saturated carbocycles. The minimum absolute atomic E-state index is 0.0298. The van der Waals surface area contributed by atoms with Gasteiger partial charge in [0.2, 0.25) is 0 Å². The van der Waals surface area contributed by atoms with E-state index in [-0.39, 0.29) is 24.0 Å². The Kier molecular flexibility index (Phi) is 7.96. The number of carbonyl (C=O) groups excluding carboxylic acids is 1. The molecule has 0 spiro atoms. The SMILES string of the molecule is CCOc1cc(/C=N\N=C2\S/C(=C\c3ccc(O)c(OCC)c3)C(=O)N2Cc2ccco2)ccc1O. The van der Waals surface area contributed by atoms with Crippen molar-refractivity contribution in [1.82, 2.24) is 4.90 Å². The van der Waals surface area contributed by atoms with Gasteiger partial charge in [0.1, 0.15) is 5.76 Å². The highest BCUT2D eigenvalue weighted by molar-refractivity contribution is 8.18. The van der Waals surface area contributed by atoms with Gasteiger partial charge in [-0.05, 0) is 85.3 Å². The maximum atomic E-state index is 13.2. The number of ether oxygens (including phenoxy) is 2.